The Balaban J connectivity index is 1.59. The molecule has 0 aromatic heterocycles. The average molecular weight is 680 g/mol. The lowest BCUT2D eigenvalue weighted by Crippen LogP contribution is -2.59. The minimum atomic E-state index is -1.34. The number of amides is 4. The van der Waals surface area contributed by atoms with Gasteiger partial charge in [0.1, 0.15) is 29.9 Å². The van der Waals surface area contributed by atoms with Crippen molar-refractivity contribution in [2.75, 3.05) is 6.54 Å². The highest BCUT2D eigenvalue weighted by Gasteiger charge is 2.32. The normalized spacial score (nSPS) is 13.1. The molecule has 0 saturated heterocycles. The molecule has 4 amide bonds. The molecule has 260 valence electrons. The number of hydrogen-bond acceptors (Lipinski definition) is 7. The zero-order valence-electron chi connectivity index (χ0n) is 27.3. The first-order valence-corrected chi connectivity index (χ1v) is 16.1. The molecule has 0 bridgehead atoms. The van der Waals surface area contributed by atoms with E-state index < -0.39 is 53.8 Å². The first-order chi connectivity index (χ1) is 24.1. The zero-order valence-corrected chi connectivity index (χ0v) is 27.3. The van der Waals surface area contributed by atoms with Crippen LogP contribution < -0.4 is 27.0 Å². The summed E-state index contributed by atoms with van der Waals surface area (Å²) in [7, 11) is 0. The van der Waals surface area contributed by atoms with Crippen LogP contribution in [-0.2, 0) is 49.7 Å². The number of nitrogens with one attached hydrogen (secondary N) is 4. The molecule has 12 heteroatoms. The van der Waals surface area contributed by atoms with Gasteiger partial charge in [-0.3, -0.25) is 19.2 Å². The van der Waals surface area contributed by atoms with Gasteiger partial charge in [0, 0.05) is 25.7 Å². The second-order valence-corrected chi connectivity index (χ2v) is 11.8. The molecule has 50 heavy (non-hydrogen) atoms. The number of carboxylic acids is 1. The van der Waals surface area contributed by atoms with Gasteiger partial charge in [-0.05, 0) is 34.4 Å². The highest BCUT2D eigenvalue weighted by atomic mass is 16.4. The summed E-state index contributed by atoms with van der Waals surface area (Å²) < 4.78 is 0. The van der Waals surface area contributed by atoms with Crippen LogP contribution in [0, 0.1) is 0 Å². The van der Waals surface area contributed by atoms with E-state index >= 15 is 0 Å². The Bertz CT molecular complexity index is 1720. The molecule has 4 aromatic rings. The van der Waals surface area contributed by atoms with Crippen molar-refractivity contribution >= 4 is 29.6 Å². The predicted molar refractivity (Wildman–Crippen MR) is 187 cm³/mol. The van der Waals surface area contributed by atoms with E-state index in [1.54, 1.807) is 78.9 Å². The zero-order chi connectivity index (χ0) is 35.9. The Labute approximate surface area is 290 Å². The lowest BCUT2D eigenvalue weighted by molar-refractivity contribution is -0.142. The Morgan fingerprint density at radius 3 is 1.16 bits per heavy atom. The maximum atomic E-state index is 14.0. The van der Waals surface area contributed by atoms with E-state index in [-0.39, 0.29) is 38.0 Å². The molecule has 0 aliphatic rings. The van der Waals surface area contributed by atoms with Gasteiger partial charge < -0.3 is 37.2 Å². The number of carbonyl (C=O) groups is 5. The second-order valence-electron chi connectivity index (χ2n) is 11.8. The van der Waals surface area contributed by atoms with Crippen LogP contribution in [0.25, 0.3) is 0 Å². The molecular formula is C38H41N5O7. The lowest BCUT2D eigenvalue weighted by Gasteiger charge is -2.26. The number of phenols is 1. The van der Waals surface area contributed by atoms with E-state index in [2.05, 4.69) is 21.3 Å². The first-order valence-electron chi connectivity index (χ1n) is 16.1. The van der Waals surface area contributed by atoms with Gasteiger partial charge in [-0.25, -0.2) is 4.79 Å². The molecule has 12 nitrogen and oxygen atoms in total. The summed E-state index contributed by atoms with van der Waals surface area (Å²) in [6.07, 6.45) is 0.144. The molecule has 0 unspecified atom stereocenters. The van der Waals surface area contributed by atoms with Crippen molar-refractivity contribution in [2.24, 2.45) is 5.73 Å². The molecule has 0 aliphatic heterocycles. The number of nitrogens with two attached hydrogens (primary N) is 1. The van der Waals surface area contributed by atoms with Crippen LogP contribution in [0.5, 0.6) is 5.75 Å². The van der Waals surface area contributed by atoms with Crippen molar-refractivity contribution in [3.05, 3.63) is 138 Å². The van der Waals surface area contributed by atoms with Crippen LogP contribution in [0.4, 0.5) is 0 Å². The third-order valence-corrected chi connectivity index (χ3v) is 7.94. The van der Waals surface area contributed by atoms with E-state index in [1.807, 2.05) is 24.3 Å². The third kappa shape index (κ3) is 11.6. The number of aromatic hydroxyl groups is 1. The van der Waals surface area contributed by atoms with Crippen molar-refractivity contribution < 1.29 is 34.2 Å². The van der Waals surface area contributed by atoms with Crippen LogP contribution in [0.15, 0.2) is 115 Å². The Morgan fingerprint density at radius 1 is 0.480 bits per heavy atom. The standard InChI is InChI=1S/C38H41N5O7/c39-24-34(45)40-30(20-25-10-4-1-5-11-25)35(46)41-31(21-26-12-6-2-7-13-26)36(47)42-32(22-27-14-8-3-9-15-27)37(48)43-33(38(49)50)23-28-16-18-29(44)19-17-28/h1-19,30-33,44H,20-24,39H2,(H,40,45)(H,41,46)(H,42,47)(H,43,48)(H,49,50)/t30-,31-,32-,33-/m1/s1. The average Bonchev–Trinajstić information content (AvgIpc) is 3.12. The molecule has 0 spiro atoms. The summed E-state index contributed by atoms with van der Waals surface area (Å²) >= 11 is 0. The molecule has 0 fully saturated rings. The molecule has 0 saturated carbocycles. The number of benzene rings is 4. The van der Waals surface area contributed by atoms with Crippen LogP contribution >= 0.6 is 0 Å². The van der Waals surface area contributed by atoms with Crippen molar-refractivity contribution in [2.45, 2.75) is 49.9 Å². The van der Waals surface area contributed by atoms with Gasteiger partial charge in [-0.2, -0.15) is 0 Å². The van der Waals surface area contributed by atoms with Gasteiger partial charge in [-0.1, -0.05) is 103 Å². The van der Waals surface area contributed by atoms with Crippen molar-refractivity contribution in [3.8, 4) is 5.75 Å². The fourth-order valence-corrected chi connectivity index (χ4v) is 5.32. The van der Waals surface area contributed by atoms with Crippen molar-refractivity contribution in [1.29, 1.82) is 0 Å². The summed E-state index contributed by atoms with van der Waals surface area (Å²) in [6, 6.07) is 28.1. The molecule has 4 atom stereocenters. The van der Waals surface area contributed by atoms with Crippen LogP contribution in [-0.4, -0.2) is 70.5 Å². The Hall–Kier alpha value is -6.01. The number of aliphatic carboxylic acids is 1. The summed E-state index contributed by atoms with van der Waals surface area (Å²) in [6.45, 7) is -0.340. The second kappa shape index (κ2) is 18.5. The fraction of sp³-hybridized carbons (Fsp3) is 0.237. The highest BCUT2D eigenvalue weighted by Crippen LogP contribution is 2.13. The number of phenolic OH excluding ortho intramolecular Hbond substituents is 1. The van der Waals surface area contributed by atoms with Gasteiger partial charge in [0.2, 0.25) is 23.6 Å². The predicted octanol–water partition coefficient (Wildman–Crippen LogP) is 1.65. The van der Waals surface area contributed by atoms with E-state index in [9.17, 15) is 34.2 Å². The molecule has 4 aromatic carbocycles. The minimum absolute atomic E-state index is 0.0144. The number of carboxylic acid groups (broad SMARTS) is 1. The maximum Gasteiger partial charge on any atom is 0.326 e. The van der Waals surface area contributed by atoms with E-state index in [1.165, 1.54) is 12.1 Å². The van der Waals surface area contributed by atoms with Gasteiger partial charge in [0.05, 0.1) is 6.54 Å². The quantitative estimate of drug-likeness (QED) is 0.0874. The Morgan fingerprint density at radius 2 is 0.800 bits per heavy atom. The molecule has 0 heterocycles. The first kappa shape index (κ1) is 36.8. The topological polar surface area (TPSA) is 200 Å². The van der Waals surface area contributed by atoms with E-state index in [0.717, 1.165) is 11.1 Å². The summed E-state index contributed by atoms with van der Waals surface area (Å²) in [5, 5.41) is 30.2. The monoisotopic (exact) mass is 679 g/mol. The highest BCUT2D eigenvalue weighted by molar-refractivity contribution is 5.95. The molecule has 0 radical (unpaired) electrons. The van der Waals surface area contributed by atoms with Gasteiger partial charge in [0.15, 0.2) is 0 Å². The SMILES string of the molecule is NCC(=O)N[C@H](Cc1ccccc1)C(=O)N[C@H](Cc1ccccc1)C(=O)N[C@H](Cc1ccccc1)C(=O)N[C@H](Cc1ccc(O)cc1)C(=O)O. The summed E-state index contributed by atoms with van der Waals surface area (Å²) in [5.74, 6) is -3.88. The fourth-order valence-electron chi connectivity index (χ4n) is 5.32. The van der Waals surface area contributed by atoms with Crippen molar-refractivity contribution in [3.63, 3.8) is 0 Å². The van der Waals surface area contributed by atoms with Crippen LogP contribution in [0.2, 0.25) is 0 Å². The number of carbonyl (C=O) groups excluding carboxylic acids is 4. The van der Waals surface area contributed by atoms with Gasteiger partial charge in [-0.15, -0.1) is 0 Å². The molecular weight excluding hydrogens is 638 g/mol. The summed E-state index contributed by atoms with van der Waals surface area (Å²) in [4.78, 5) is 66.0. The number of rotatable bonds is 17. The van der Waals surface area contributed by atoms with Crippen LogP contribution in [0.1, 0.15) is 22.3 Å². The summed E-state index contributed by atoms with van der Waals surface area (Å²) in [5.41, 5.74) is 8.29. The molecule has 8 N–H and O–H groups in total. The smallest absolute Gasteiger partial charge is 0.326 e. The van der Waals surface area contributed by atoms with Gasteiger partial charge >= 0.3 is 5.97 Å². The minimum Gasteiger partial charge on any atom is -0.508 e. The van der Waals surface area contributed by atoms with Gasteiger partial charge in [0.25, 0.3) is 0 Å². The van der Waals surface area contributed by atoms with E-state index in [4.69, 9.17) is 5.73 Å². The van der Waals surface area contributed by atoms with Crippen LogP contribution in [0.3, 0.4) is 0 Å². The number of hydrogen-bond donors (Lipinski definition) is 7. The largest absolute Gasteiger partial charge is 0.508 e. The third-order valence-electron chi connectivity index (χ3n) is 7.94. The molecule has 4 rings (SSSR count). The lowest BCUT2D eigenvalue weighted by atomic mass is 10.0. The Kier molecular flexibility index (Phi) is 13.6. The van der Waals surface area contributed by atoms with E-state index in [0.29, 0.717) is 11.1 Å². The van der Waals surface area contributed by atoms with Crippen molar-refractivity contribution in [1.82, 2.24) is 21.3 Å². The maximum absolute atomic E-state index is 14.0. The molecule has 0 aliphatic carbocycles.